The Morgan fingerprint density at radius 3 is 2.53 bits per heavy atom. The van der Waals surface area contributed by atoms with Gasteiger partial charge in [-0.3, -0.25) is 4.79 Å². The van der Waals surface area contributed by atoms with Crippen LogP contribution < -0.4 is 5.32 Å². The third-order valence-electron chi connectivity index (χ3n) is 5.86. The molecule has 0 spiro atoms. The number of thioether (sulfide) groups is 1. The molecule has 190 valence electrons. The molecule has 0 saturated carbocycles. The summed E-state index contributed by atoms with van der Waals surface area (Å²) in [6.07, 6.45) is 3.04. The van der Waals surface area contributed by atoms with Crippen molar-refractivity contribution in [3.8, 4) is 11.1 Å². The number of rotatable bonds is 12. The molecule has 3 aromatic carbocycles. The molecule has 0 unspecified atom stereocenters. The Morgan fingerprint density at radius 2 is 1.81 bits per heavy atom. The lowest BCUT2D eigenvalue weighted by Gasteiger charge is -2.19. The minimum atomic E-state index is -0.717. The van der Waals surface area contributed by atoms with Gasteiger partial charge in [-0.1, -0.05) is 42.5 Å². The van der Waals surface area contributed by atoms with Gasteiger partial charge in [0.2, 0.25) is 0 Å². The molecule has 5 nitrogen and oxygen atoms in total. The highest BCUT2D eigenvalue weighted by molar-refractivity contribution is 7.98. The Labute approximate surface area is 216 Å². The van der Waals surface area contributed by atoms with Crippen LogP contribution in [-0.2, 0) is 27.3 Å². The molecular formula is C29H32FNO4S. The van der Waals surface area contributed by atoms with Crippen molar-refractivity contribution in [3.05, 3.63) is 94.8 Å². The van der Waals surface area contributed by atoms with E-state index >= 15 is 0 Å². The van der Waals surface area contributed by atoms with Crippen LogP contribution in [0.5, 0.6) is 0 Å². The molecule has 0 saturated heterocycles. The first kappa shape index (κ1) is 27.4. The van der Waals surface area contributed by atoms with Crippen LogP contribution in [0.3, 0.4) is 0 Å². The first-order valence-corrected chi connectivity index (χ1v) is 13.2. The van der Waals surface area contributed by atoms with Crippen molar-refractivity contribution in [2.75, 3.05) is 25.7 Å². The standard InChI is InChI=1S/C29H32FNO4S/c1-20-7-4-5-10-24(20)26-18-22(19-35-15-13-21-8-6-9-23(30)17-21)11-12-25(26)28(32)31-27(14-16-36-3)29(33)34-2/h4-12,17-18,27H,13-16,19H2,1-3H3,(H,31,32)/t27-/m0/s1. The van der Waals surface area contributed by atoms with Gasteiger partial charge in [0, 0.05) is 5.56 Å². The average molecular weight is 510 g/mol. The summed E-state index contributed by atoms with van der Waals surface area (Å²) in [6.45, 7) is 2.80. The van der Waals surface area contributed by atoms with E-state index in [9.17, 15) is 14.0 Å². The summed E-state index contributed by atoms with van der Waals surface area (Å²) in [6, 6.07) is 19.2. The molecule has 36 heavy (non-hydrogen) atoms. The van der Waals surface area contributed by atoms with E-state index in [2.05, 4.69) is 5.32 Å². The fourth-order valence-corrected chi connectivity index (χ4v) is 4.38. The fraction of sp³-hybridized carbons (Fsp3) is 0.310. The Morgan fingerprint density at radius 1 is 1.00 bits per heavy atom. The average Bonchev–Trinajstić information content (AvgIpc) is 2.88. The summed E-state index contributed by atoms with van der Waals surface area (Å²) in [7, 11) is 1.32. The molecule has 3 rings (SSSR count). The zero-order valence-corrected chi connectivity index (χ0v) is 21.7. The largest absolute Gasteiger partial charge is 0.467 e. The molecule has 0 heterocycles. The molecular weight excluding hydrogens is 477 g/mol. The van der Waals surface area contributed by atoms with Crippen molar-refractivity contribution in [3.63, 3.8) is 0 Å². The fourth-order valence-electron chi connectivity index (χ4n) is 3.91. The topological polar surface area (TPSA) is 64.6 Å². The van der Waals surface area contributed by atoms with Crippen LogP contribution in [0, 0.1) is 12.7 Å². The van der Waals surface area contributed by atoms with Gasteiger partial charge in [-0.05, 0) is 83.9 Å². The molecule has 1 amide bonds. The van der Waals surface area contributed by atoms with Gasteiger partial charge >= 0.3 is 5.97 Å². The first-order chi connectivity index (χ1) is 17.4. The third kappa shape index (κ3) is 7.67. The zero-order chi connectivity index (χ0) is 25.9. The van der Waals surface area contributed by atoms with E-state index in [-0.39, 0.29) is 11.7 Å². The molecule has 0 radical (unpaired) electrons. The van der Waals surface area contributed by atoms with E-state index in [1.807, 2.05) is 55.6 Å². The van der Waals surface area contributed by atoms with E-state index in [0.29, 0.717) is 31.6 Å². The highest BCUT2D eigenvalue weighted by Gasteiger charge is 2.23. The predicted molar refractivity (Wildman–Crippen MR) is 143 cm³/mol. The smallest absolute Gasteiger partial charge is 0.328 e. The maximum absolute atomic E-state index is 13.4. The number of carbonyl (C=O) groups is 2. The van der Waals surface area contributed by atoms with Crippen molar-refractivity contribution in [1.82, 2.24) is 5.32 Å². The lowest BCUT2D eigenvalue weighted by molar-refractivity contribution is -0.142. The van der Waals surface area contributed by atoms with E-state index in [4.69, 9.17) is 9.47 Å². The second kappa shape index (κ2) is 13.8. The van der Waals surface area contributed by atoms with Crippen LogP contribution >= 0.6 is 11.8 Å². The number of methoxy groups -OCH3 is 1. The Hall–Kier alpha value is -3.16. The van der Waals surface area contributed by atoms with Crippen LogP contribution in [0.1, 0.15) is 33.5 Å². The number of hydrogen-bond donors (Lipinski definition) is 1. The summed E-state index contributed by atoms with van der Waals surface area (Å²) in [4.78, 5) is 25.5. The summed E-state index contributed by atoms with van der Waals surface area (Å²) < 4.78 is 24.1. The predicted octanol–water partition coefficient (Wildman–Crippen LogP) is 5.58. The summed E-state index contributed by atoms with van der Waals surface area (Å²) in [5, 5.41) is 2.85. The van der Waals surface area contributed by atoms with Gasteiger partial charge in [-0.25, -0.2) is 9.18 Å². The molecule has 0 fully saturated rings. The minimum absolute atomic E-state index is 0.257. The second-order valence-electron chi connectivity index (χ2n) is 8.46. The molecule has 3 aromatic rings. The lowest BCUT2D eigenvalue weighted by Crippen LogP contribution is -2.42. The van der Waals surface area contributed by atoms with Crippen molar-refractivity contribution in [1.29, 1.82) is 0 Å². The van der Waals surface area contributed by atoms with E-state index in [1.165, 1.54) is 19.2 Å². The maximum Gasteiger partial charge on any atom is 0.328 e. The molecule has 1 N–H and O–H groups in total. The quantitative estimate of drug-likeness (QED) is 0.255. The van der Waals surface area contributed by atoms with Gasteiger partial charge in [-0.15, -0.1) is 0 Å². The second-order valence-corrected chi connectivity index (χ2v) is 9.44. The van der Waals surface area contributed by atoms with Crippen LogP contribution in [0.25, 0.3) is 11.1 Å². The van der Waals surface area contributed by atoms with Crippen LogP contribution in [0.4, 0.5) is 4.39 Å². The number of benzene rings is 3. The molecule has 0 bridgehead atoms. The van der Waals surface area contributed by atoms with Crippen molar-refractivity contribution >= 4 is 23.6 Å². The number of ether oxygens (including phenoxy) is 2. The van der Waals surface area contributed by atoms with Crippen LogP contribution in [0.2, 0.25) is 0 Å². The number of aryl methyl sites for hydroxylation is 1. The highest BCUT2D eigenvalue weighted by Crippen LogP contribution is 2.28. The number of halogens is 1. The van der Waals surface area contributed by atoms with Gasteiger partial charge < -0.3 is 14.8 Å². The van der Waals surface area contributed by atoms with Gasteiger partial charge in [0.25, 0.3) is 5.91 Å². The van der Waals surface area contributed by atoms with Crippen molar-refractivity contribution in [2.45, 2.75) is 32.4 Å². The molecule has 0 aromatic heterocycles. The van der Waals surface area contributed by atoms with E-state index < -0.39 is 12.0 Å². The SMILES string of the molecule is COC(=O)[C@H](CCSC)NC(=O)c1ccc(COCCc2cccc(F)c2)cc1-c1ccccc1C. The Kier molecular flexibility index (Phi) is 10.5. The maximum atomic E-state index is 13.4. The van der Waals surface area contributed by atoms with Crippen molar-refractivity contribution in [2.24, 2.45) is 0 Å². The number of amides is 1. The van der Waals surface area contributed by atoms with Gasteiger partial charge in [0.05, 0.1) is 20.3 Å². The summed E-state index contributed by atoms with van der Waals surface area (Å²) >= 11 is 1.60. The minimum Gasteiger partial charge on any atom is -0.467 e. The van der Waals surface area contributed by atoms with Crippen LogP contribution in [-0.4, -0.2) is 43.6 Å². The number of nitrogens with one attached hydrogen (secondary N) is 1. The molecule has 0 aliphatic carbocycles. The lowest BCUT2D eigenvalue weighted by atomic mass is 9.93. The number of carbonyl (C=O) groups excluding carboxylic acids is 2. The summed E-state index contributed by atoms with van der Waals surface area (Å²) in [5.41, 5.74) is 5.00. The molecule has 0 aliphatic rings. The zero-order valence-electron chi connectivity index (χ0n) is 20.9. The van der Waals surface area contributed by atoms with E-state index in [0.717, 1.165) is 33.6 Å². The Bertz CT molecular complexity index is 1180. The summed E-state index contributed by atoms with van der Waals surface area (Å²) in [5.74, 6) is -0.329. The molecule has 1 atom stereocenters. The highest BCUT2D eigenvalue weighted by atomic mass is 32.2. The first-order valence-electron chi connectivity index (χ1n) is 11.8. The third-order valence-corrected chi connectivity index (χ3v) is 6.50. The Balaban J connectivity index is 1.79. The van der Waals surface area contributed by atoms with E-state index in [1.54, 1.807) is 23.9 Å². The van der Waals surface area contributed by atoms with Gasteiger partial charge in [-0.2, -0.15) is 11.8 Å². The van der Waals surface area contributed by atoms with Gasteiger partial charge in [0.1, 0.15) is 11.9 Å². The van der Waals surface area contributed by atoms with Crippen LogP contribution in [0.15, 0.2) is 66.7 Å². The van der Waals surface area contributed by atoms with Gasteiger partial charge in [0.15, 0.2) is 0 Å². The normalized spacial score (nSPS) is 11.7. The molecule has 7 heteroatoms. The monoisotopic (exact) mass is 509 g/mol. The number of hydrogen-bond acceptors (Lipinski definition) is 5. The number of esters is 1. The van der Waals surface area contributed by atoms with Crippen molar-refractivity contribution < 1.29 is 23.5 Å². The molecule has 0 aliphatic heterocycles.